The van der Waals surface area contributed by atoms with E-state index in [9.17, 15) is 19.2 Å². The Morgan fingerprint density at radius 2 is 1.33 bits per heavy atom. The molecule has 0 bridgehead atoms. The number of carbonyl (C=O) groups is 4. The Balaban J connectivity index is 0.0000124. The second-order valence-corrected chi connectivity index (χ2v) is 15.4. The van der Waals surface area contributed by atoms with Gasteiger partial charge in [0.15, 0.2) is 6.20 Å². The quantitative estimate of drug-likeness (QED) is 0.0587. The van der Waals surface area contributed by atoms with E-state index in [0.717, 1.165) is 23.4 Å². The van der Waals surface area contributed by atoms with Crippen LogP contribution in [0.3, 0.4) is 0 Å². The third kappa shape index (κ3) is 20.0. The highest BCUT2D eigenvalue weighted by Crippen LogP contribution is 2.21. The molecule has 1 aliphatic rings. The summed E-state index contributed by atoms with van der Waals surface area (Å²) in [7, 11) is 2.88. The maximum Gasteiger partial charge on any atom is 0.417 e. The molecule has 13 nitrogen and oxygen atoms in total. The van der Waals surface area contributed by atoms with Gasteiger partial charge in [0.2, 0.25) is 5.69 Å². The van der Waals surface area contributed by atoms with Crippen LogP contribution in [0.4, 0.5) is 14.4 Å². The molecule has 0 saturated carbocycles. The van der Waals surface area contributed by atoms with Crippen LogP contribution < -0.4 is 27.0 Å². The van der Waals surface area contributed by atoms with E-state index in [-0.39, 0.29) is 43.8 Å². The van der Waals surface area contributed by atoms with E-state index < -0.39 is 30.3 Å². The van der Waals surface area contributed by atoms with Crippen molar-refractivity contribution in [3.63, 3.8) is 0 Å². The van der Waals surface area contributed by atoms with E-state index in [1.165, 1.54) is 104 Å². The molecule has 60 heavy (non-hydrogen) atoms. The number of pyridine rings is 1. The van der Waals surface area contributed by atoms with Crippen molar-refractivity contribution in [2.24, 2.45) is 0 Å². The number of hydrogen-bond donors (Lipinski definition) is 1. The summed E-state index contributed by atoms with van der Waals surface area (Å²) < 4.78 is 29.4. The summed E-state index contributed by atoms with van der Waals surface area (Å²) in [5.41, 5.74) is 0.941. The van der Waals surface area contributed by atoms with Gasteiger partial charge in [-0.1, -0.05) is 121 Å². The first-order valence-corrected chi connectivity index (χ1v) is 22.3. The lowest BCUT2D eigenvalue weighted by atomic mass is 10.0. The molecular formula is C46H73ClN4O9. The van der Waals surface area contributed by atoms with Crippen molar-refractivity contribution in [1.82, 2.24) is 15.1 Å². The number of para-hydroxylation sites is 1. The Morgan fingerprint density at radius 3 is 1.92 bits per heavy atom. The lowest BCUT2D eigenvalue weighted by Gasteiger charge is -2.31. The Hall–Kier alpha value is -4.10. The molecule has 14 heteroatoms. The second-order valence-electron chi connectivity index (χ2n) is 15.4. The number of unbranched alkanes of at least 4 members (excludes halogenated alkanes) is 15. The molecule has 1 saturated heterocycles. The fourth-order valence-corrected chi connectivity index (χ4v) is 7.21. The standard InChI is InChI=1S/C46H72N4O9.ClH/c1-5-7-8-9-10-11-12-13-14-15-16-17-18-19-20-24-31-47-44(52)59-39-29-33-49(34-30-39)45(53)57-36-40(55-3)37-58-46(54)50(35-38-26-23-25-32-48(38)6-2)43(51)41-27-21-22-28-42(41)56-4;/h21-23,25-28,32,39-40H,5-20,24,29-31,33-37H2,1-4H3;1H. The molecule has 1 aromatic carbocycles. The van der Waals surface area contributed by atoms with Gasteiger partial charge < -0.3 is 46.3 Å². The molecule has 3 rings (SSSR count). The zero-order valence-electron chi connectivity index (χ0n) is 36.8. The molecule has 1 atom stereocenters. The van der Waals surface area contributed by atoms with E-state index >= 15 is 0 Å². The van der Waals surface area contributed by atoms with Gasteiger partial charge in [0, 0.05) is 51.7 Å². The summed E-state index contributed by atoms with van der Waals surface area (Å²) in [5, 5.41) is 2.87. The summed E-state index contributed by atoms with van der Waals surface area (Å²) in [6.07, 6.45) is 20.9. The molecule has 0 spiro atoms. The smallest absolute Gasteiger partial charge is 0.417 e. The fourth-order valence-electron chi connectivity index (χ4n) is 7.21. The van der Waals surface area contributed by atoms with Crippen LogP contribution in [0.5, 0.6) is 5.75 Å². The molecule has 1 aliphatic heterocycles. The number of imide groups is 1. The molecule has 0 radical (unpaired) electrons. The Kier molecular flexibility index (Phi) is 27.5. The van der Waals surface area contributed by atoms with Gasteiger partial charge in [0.25, 0.3) is 5.91 Å². The van der Waals surface area contributed by atoms with Crippen LogP contribution in [-0.4, -0.2) is 93.3 Å². The van der Waals surface area contributed by atoms with E-state index in [4.69, 9.17) is 23.7 Å². The number of piperidine rings is 1. The maximum atomic E-state index is 13.7. The fraction of sp³-hybridized carbons (Fsp3) is 0.674. The van der Waals surface area contributed by atoms with Gasteiger partial charge in [-0.2, -0.15) is 0 Å². The molecular weight excluding hydrogens is 788 g/mol. The molecule has 1 fully saturated rings. The van der Waals surface area contributed by atoms with Gasteiger partial charge >= 0.3 is 18.3 Å². The molecule has 0 aliphatic carbocycles. The number of ether oxygens (including phenoxy) is 5. The number of methoxy groups -OCH3 is 2. The Bertz CT molecular complexity index is 1510. The Labute approximate surface area is 365 Å². The highest BCUT2D eigenvalue weighted by Gasteiger charge is 2.31. The van der Waals surface area contributed by atoms with Crippen LogP contribution >= 0.6 is 0 Å². The summed E-state index contributed by atoms with van der Waals surface area (Å²) in [6.45, 7) is 5.75. The van der Waals surface area contributed by atoms with E-state index in [0.29, 0.717) is 44.8 Å². The number of rotatable bonds is 28. The topological polar surface area (TPSA) is 137 Å². The number of nitrogens with one attached hydrogen (secondary N) is 1. The number of aryl methyl sites for hydroxylation is 1. The zero-order chi connectivity index (χ0) is 42.5. The number of hydrogen-bond acceptors (Lipinski definition) is 9. The SMILES string of the molecule is CCCCCCCCCCCCCCCCCCNC(=O)OC1CCN(C(=O)OCC(COC(=O)N(Cc2cccc[n+]2CC)C(=O)c2ccccc2OC)OC)CC1.[Cl-]. The van der Waals surface area contributed by atoms with Crippen molar-refractivity contribution < 1.29 is 59.8 Å². The lowest BCUT2D eigenvalue weighted by Crippen LogP contribution is -3.00. The van der Waals surface area contributed by atoms with Crippen LogP contribution in [0.2, 0.25) is 0 Å². The van der Waals surface area contributed by atoms with Gasteiger partial charge in [-0.3, -0.25) is 4.79 Å². The predicted molar refractivity (Wildman–Crippen MR) is 227 cm³/mol. The van der Waals surface area contributed by atoms with Crippen LogP contribution in [0.15, 0.2) is 48.7 Å². The minimum absolute atomic E-state index is 0. The number of carbonyl (C=O) groups excluding carboxylic acids is 4. The summed E-state index contributed by atoms with van der Waals surface area (Å²) >= 11 is 0. The highest BCUT2D eigenvalue weighted by atomic mass is 35.5. The third-order valence-electron chi connectivity index (χ3n) is 10.9. The lowest BCUT2D eigenvalue weighted by molar-refractivity contribution is -0.701. The van der Waals surface area contributed by atoms with Crippen molar-refractivity contribution in [2.75, 3.05) is 47.1 Å². The summed E-state index contributed by atoms with van der Waals surface area (Å²) in [6, 6.07) is 12.2. The molecule has 338 valence electrons. The zero-order valence-corrected chi connectivity index (χ0v) is 37.6. The maximum absolute atomic E-state index is 13.7. The van der Waals surface area contributed by atoms with Crippen LogP contribution in [0.1, 0.15) is 145 Å². The van der Waals surface area contributed by atoms with Crippen LogP contribution in [0.25, 0.3) is 0 Å². The number of benzene rings is 1. The number of likely N-dealkylation sites (tertiary alicyclic amines) is 1. The normalized spacial score (nSPS) is 13.2. The average molecular weight is 862 g/mol. The van der Waals surface area contributed by atoms with Crippen LogP contribution in [0, 0.1) is 0 Å². The van der Waals surface area contributed by atoms with E-state index in [1.807, 2.05) is 35.9 Å². The predicted octanol–water partition coefficient (Wildman–Crippen LogP) is 6.39. The number of aromatic nitrogens is 1. The molecule has 2 aromatic rings. The first-order valence-electron chi connectivity index (χ1n) is 22.3. The van der Waals surface area contributed by atoms with Gasteiger partial charge in [-0.25, -0.2) is 23.9 Å². The molecule has 1 aromatic heterocycles. The number of alkyl carbamates (subject to hydrolysis) is 1. The largest absolute Gasteiger partial charge is 1.00 e. The molecule has 2 heterocycles. The minimum atomic E-state index is -0.878. The van der Waals surface area contributed by atoms with Crippen molar-refractivity contribution in [2.45, 2.75) is 155 Å². The molecule has 1 N–H and O–H groups in total. The van der Waals surface area contributed by atoms with Gasteiger partial charge in [0.05, 0.1) is 12.7 Å². The second kappa shape index (κ2) is 31.7. The minimum Gasteiger partial charge on any atom is -1.00 e. The van der Waals surface area contributed by atoms with Crippen molar-refractivity contribution in [1.29, 1.82) is 0 Å². The van der Waals surface area contributed by atoms with E-state index in [2.05, 4.69) is 12.2 Å². The monoisotopic (exact) mass is 861 g/mol. The summed E-state index contributed by atoms with van der Waals surface area (Å²) in [5.74, 6) is -0.257. The average Bonchev–Trinajstić information content (AvgIpc) is 3.26. The van der Waals surface area contributed by atoms with E-state index in [1.54, 1.807) is 29.2 Å². The molecule has 1 unspecified atom stereocenters. The Morgan fingerprint density at radius 1 is 0.767 bits per heavy atom. The van der Waals surface area contributed by atoms with Crippen molar-refractivity contribution in [3.05, 3.63) is 59.9 Å². The summed E-state index contributed by atoms with van der Waals surface area (Å²) in [4.78, 5) is 55.1. The first kappa shape index (κ1) is 52.0. The number of amides is 4. The number of halogens is 1. The number of nitrogens with zero attached hydrogens (tertiary/aromatic N) is 3. The van der Waals surface area contributed by atoms with Gasteiger partial charge in [-0.15, -0.1) is 0 Å². The van der Waals surface area contributed by atoms with Gasteiger partial charge in [0.1, 0.15) is 44.3 Å². The highest BCUT2D eigenvalue weighted by molar-refractivity contribution is 6.04. The van der Waals surface area contributed by atoms with Gasteiger partial charge in [-0.05, 0) is 25.5 Å². The first-order chi connectivity index (χ1) is 28.8. The molecule has 4 amide bonds. The van der Waals surface area contributed by atoms with Crippen molar-refractivity contribution in [3.8, 4) is 5.75 Å². The third-order valence-corrected chi connectivity index (χ3v) is 10.9. The van der Waals surface area contributed by atoms with Crippen molar-refractivity contribution >= 4 is 24.2 Å². The van der Waals surface area contributed by atoms with Crippen LogP contribution in [-0.2, 0) is 32.0 Å².